The van der Waals surface area contributed by atoms with E-state index < -0.39 is 0 Å². The van der Waals surface area contributed by atoms with Crippen LogP contribution < -0.4 is 5.32 Å². The molecular weight excluding hydrogens is 254 g/mol. The van der Waals surface area contributed by atoms with Crippen molar-refractivity contribution < 1.29 is 0 Å². The molecule has 1 nitrogen and oxygen atoms in total. The highest BCUT2D eigenvalue weighted by Crippen LogP contribution is 2.37. The van der Waals surface area contributed by atoms with Crippen molar-refractivity contribution in [3.8, 4) is 23.5 Å². The lowest BCUT2D eigenvalue weighted by Crippen LogP contribution is -2.19. The lowest BCUT2D eigenvalue weighted by molar-refractivity contribution is 0.562. The van der Waals surface area contributed by atoms with Crippen LogP contribution in [0.25, 0.3) is 11.1 Å². The standard InChI is InChI=1S/C20H21N/c1-3-4-7-12-21-15(2)16-10-11-20-18(13-16)14-17-8-5-6-9-19(17)20/h1,5-6,8-11,13,15,21H,4,7,12,14H2,2H3. The van der Waals surface area contributed by atoms with E-state index >= 15 is 0 Å². The second kappa shape index (κ2) is 6.16. The minimum absolute atomic E-state index is 0.372. The van der Waals surface area contributed by atoms with Crippen LogP contribution in [0.2, 0.25) is 0 Å². The highest BCUT2D eigenvalue weighted by Gasteiger charge is 2.18. The van der Waals surface area contributed by atoms with Crippen LogP contribution in [0.15, 0.2) is 42.5 Å². The Morgan fingerprint density at radius 3 is 2.81 bits per heavy atom. The molecule has 3 rings (SSSR count). The molecule has 0 aromatic heterocycles. The number of fused-ring (bicyclic) bond motifs is 3. The van der Waals surface area contributed by atoms with Gasteiger partial charge in [0, 0.05) is 12.5 Å². The van der Waals surface area contributed by atoms with Gasteiger partial charge in [-0.15, -0.1) is 12.3 Å². The van der Waals surface area contributed by atoms with Crippen molar-refractivity contribution in [2.24, 2.45) is 0 Å². The molecule has 0 bridgehead atoms. The second-order valence-electron chi connectivity index (χ2n) is 5.73. The summed E-state index contributed by atoms with van der Waals surface area (Å²) in [4.78, 5) is 0. The first-order valence-electron chi connectivity index (χ1n) is 7.67. The molecule has 0 spiro atoms. The van der Waals surface area contributed by atoms with Gasteiger partial charge in [0.1, 0.15) is 0 Å². The Balaban J connectivity index is 1.73. The molecule has 2 aromatic rings. The molecule has 1 unspecified atom stereocenters. The molecule has 0 fully saturated rings. The van der Waals surface area contributed by atoms with E-state index in [0.29, 0.717) is 6.04 Å². The van der Waals surface area contributed by atoms with E-state index in [2.05, 4.69) is 60.6 Å². The Hall–Kier alpha value is -2.04. The zero-order valence-electron chi connectivity index (χ0n) is 12.5. The first-order valence-corrected chi connectivity index (χ1v) is 7.67. The molecule has 1 heteroatoms. The molecule has 1 aliphatic rings. The molecule has 0 heterocycles. The first kappa shape index (κ1) is 13.9. The van der Waals surface area contributed by atoms with Crippen molar-refractivity contribution in [2.75, 3.05) is 6.54 Å². The van der Waals surface area contributed by atoms with E-state index in [0.717, 1.165) is 25.8 Å². The minimum Gasteiger partial charge on any atom is -0.310 e. The summed E-state index contributed by atoms with van der Waals surface area (Å²) in [5.74, 6) is 2.69. The van der Waals surface area contributed by atoms with Crippen molar-refractivity contribution in [1.29, 1.82) is 0 Å². The summed E-state index contributed by atoms with van der Waals surface area (Å²) in [5, 5.41) is 3.55. The van der Waals surface area contributed by atoms with Crippen LogP contribution in [0, 0.1) is 12.3 Å². The van der Waals surface area contributed by atoms with Crippen LogP contribution in [-0.4, -0.2) is 6.54 Å². The van der Waals surface area contributed by atoms with Crippen LogP contribution >= 0.6 is 0 Å². The van der Waals surface area contributed by atoms with Crippen LogP contribution in [0.1, 0.15) is 42.5 Å². The Kier molecular flexibility index (Phi) is 4.08. The minimum atomic E-state index is 0.372. The van der Waals surface area contributed by atoms with Crippen molar-refractivity contribution in [3.05, 3.63) is 59.2 Å². The Morgan fingerprint density at radius 2 is 1.95 bits per heavy atom. The van der Waals surface area contributed by atoms with Gasteiger partial charge in [-0.3, -0.25) is 0 Å². The fourth-order valence-electron chi connectivity index (χ4n) is 3.06. The van der Waals surface area contributed by atoms with E-state index in [1.807, 2.05) is 0 Å². The van der Waals surface area contributed by atoms with Gasteiger partial charge in [-0.1, -0.05) is 42.5 Å². The lowest BCUT2D eigenvalue weighted by atomic mass is 10.0. The summed E-state index contributed by atoms with van der Waals surface area (Å²) < 4.78 is 0. The first-order chi connectivity index (χ1) is 10.3. The lowest BCUT2D eigenvalue weighted by Gasteiger charge is -2.15. The van der Waals surface area contributed by atoms with E-state index in [4.69, 9.17) is 6.42 Å². The fourth-order valence-corrected chi connectivity index (χ4v) is 3.06. The summed E-state index contributed by atoms with van der Waals surface area (Å²) in [6.07, 6.45) is 8.23. The van der Waals surface area contributed by atoms with Crippen LogP contribution in [0.5, 0.6) is 0 Å². The van der Waals surface area contributed by atoms with Crippen molar-refractivity contribution in [3.63, 3.8) is 0 Å². The van der Waals surface area contributed by atoms with Crippen molar-refractivity contribution >= 4 is 0 Å². The molecule has 1 aliphatic carbocycles. The summed E-state index contributed by atoms with van der Waals surface area (Å²) >= 11 is 0. The molecule has 0 saturated carbocycles. The number of hydrogen-bond donors (Lipinski definition) is 1. The molecule has 2 aromatic carbocycles. The maximum absolute atomic E-state index is 5.28. The van der Waals surface area contributed by atoms with E-state index in [-0.39, 0.29) is 0 Å². The summed E-state index contributed by atoms with van der Waals surface area (Å²) in [6.45, 7) is 3.20. The van der Waals surface area contributed by atoms with Crippen LogP contribution in [0.4, 0.5) is 0 Å². The molecule has 106 valence electrons. The van der Waals surface area contributed by atoms with Crippen molar-refractivity contribution in [1.82, 2.24) is 5.32 Å². The van der Waals surface area contributed by atoms with Crippen LogP contribution in [0.3, 0.4) is 0 Å². The number of rotatable bonds is 5. The third-order valence-electron chi connectivity index (χ3n) is 4.27. The second-order valence-corrected chi connectivity index (χ2v) is 5.73. The number of hydrogen-bond acceptors (Lipinski definition) is 1. The summed E-state index contributed by atoms with van der Waals surface area (Å²) in [6, 6.07) is 16.0. The SMILES string of the molecule is C#CCCCNC(C)c1ccc2c(c1)Cc1ccccc1-2. The van der Waals surface area contributed by atoms with Gasteiger partial charge in [-0.25, -0.2) is 0 Å². The predicted octanol–water partition coefficient (Wildman–Crippen LogP) is 4.32. The number of unbranched alkanes of at least 4 members (excludes halogenated alkanes) is 1. The molecule has 0 saturated heterocycles. The van der Waals surface area contributed by atoms with Crippen LogP contribution in [-0.2, 0) is 6.42 Å². The summed E-state index contributed by atoms with van der Waals surface area (Å²) in [5.41, 5.74) is 7.05. The zero-order valence-corrected chi connectivity index (χ0v) is 12.5. The molecule has 21 heavy (non-hydrogen) atoms. The maximum Gasteiger partial charge on any atom is 0.0291 e. The van der Waals surface area contributed by atoms with Gasteiger partial charge in [-0.2, -0.15) is 0 Å². The van der Waals surface area contributed by atoms with Gasteiger partial charge >= 0.3 is 0 Å². The highest BCUT2D eigenvalue weighted by atomic mass is 14.9. The third-order valence-corrected chi connectivity index (χ3v) is 4.27. The molecule has 0 radical (unpaired) electrons. The third kappa shape index (κ3) is 2.86. The Labute approximate surface area is 127 Å². The molecule has 1 atom stereocenters. The van der Waals surface area contributed by atoms with Gasteiger partial charge in [-0.05, 0) is 54.1 Å². The molecular formula is C20H21N. The van der Waals surface area contributed by atoms with Crippen molar-refractivity contribution in [2.45, 2.75) is 32.2 Å². The maximum atomic E-state index is 5.28. The average molecular weight is 275 g/mol. The highest BCUT2D eigenvalue weighted by molar-refractivity contribution is 5.76. The number of benzene rings is 2. The van der Waals surface area contributed by atoms with Gasteiger partial charge in [0.2, 0.25) is 0 Å². The average Bonchev–Trinajstić information content (AvgIpc) is 2.89. The number of terminal acetylenes is 1. The Morgan fingerprint density at radius 1 is 1.14 bits per heavy atom. The van der Waals surface area contributed by atoms with Gasteiger partial charge in [0.25, 0.3) is 0 Å². The predicted molar refractivity (Wildman–Crippen MR) is 89.2 cm³/mol. The quantitative estimate of drug-likeness (QED) is 0.540. The topological polar surface area (TPSA) is 12.0 Å². The molecule has 1 N–H and O–H groups in total. The van der Waals surface area contributed by atoms with E-state index in [1.54, 1.807) is 0 Å². The molecule has 0 amide bonds. The largest absolute Gasteiger partial charge is 0.310 e. The summed E-state index contributed by atoms with van der Waals surface area (Å²) in [7, 11) is 0. The zero-order chi connectivity index (χ0) is 14.7. The normalized spacial score (nSPS) is 13.3. The Bertz CT molecular complexity index is 678. The van der Waals surface area contributed by atoms with Gasteiger partial charge in [0.15, 0.2) is 0 Å². The smallest absolute Gasteiger partial charge is 0.0291 e. The van der Waals surface area contributed by atoms with E-state index in [1.165, 1.54) is 27.8 Å². The van der Waals surface area contributed by atoms with E-state index in [9.17, 15) is 0 Å². The van der Waals surface area contributed by atoms with Gasteiger partial charge < -0.3 is 5.32 Å². The monoisotopic (exact) mass is 275 g/mol. The molecule has 0 aliphatic heterocycles. The number of nitrogens with one attached hydrogen (secondary N) is 1. The fraction of sp³-hybridized carbons (Fsp3) is 0.300. The van der Waals surface area contributed by atoms with Gasteiger partial charge in [0.05, 0.1) is 0 Å².